The summed E-state index contributed by atoms with van der Waals surface area (Å²) < 4.78 is 24.8. The lowest BCUT2D eigenvalue weighted by Crippen LogP contribution is -2.30. The van der Waals surface area contributed by atoms with E-state index in [2.05, 4.69) is 9.97 Å². The summed E-state index contributed by atoms with van der Waals surface area (Å²) in [6.45, 7) is 0.684. The van der Waals surface area contributed by atoms with Crippen molar-refractivity contribution in [2.24, 2.45) is 0 Å². The molecule has 7 heteroatoms. The number of ether oxygens (including phenoxy) is 1. The van der Waals surface area contributed by atoms with Crippen LogP contribution in [0.25, 0.3) is 11.0 Å². The van der Waals surface area contributed by atoms with Gasteiger partial charge in [0, 0.05) is 6.54 Å². The van der Waals surface area contributed by atoms with Gasteiger partial charge in [0.2, 0.25) is 0 Å². The Hall–Kier alpha value is -3.61. The van der Waals surface area contributed by atoms with E-state index < -0.39 is 5.82 Å². The van der Waals surface area contributed by atoms with E-state index in [-0.39, 0.29) is 30.1 Å². The molecule has 152 valence electrons. The van der Waals surface area contributed by atoms with Crippen LogP contribution in [-0.2, 0) is 6.61 Å². The topological polar surface area (TPSA) is 71.4 Å². The lowest BCUT2D eigenvalue weighted by Gasteiger charge is -2.22. The Morgan fingerprint density at radius 1 is 1.17 bits per heavy atom. The van der Waals surface area contributed by atoms with Crippen LogP contribution in [-0.4, -0.2) is 27.3 Å². The number of halogens is 1. The van der Waals surface area contributed by atoms with Gasteiger partial charge in [-0.2, -0.15) is 0 Å². The minimum Gasteiger partial charge on any atom is -0.483 e. The number of hydrogen-bond donors (Lipinski definition) is 1. The molecule has 0 radical (unpaired) electrons. The SMILES string of the molecule is O=C(c1ccc(COc2ccccc2F)o1)N1CCCC1c1nc2ccccc2[nH]1. The van der Waals surface area contributed by atoms with Crippen LogP contribution in [0.4, 0.5) is 4.39 Å². The number of imidazole rings is 1. The number of H-pyrrole nitrogens is 1. The number of amides is 1. The standard InChI is InChI=1S/C23H20FN3O3/c24-16-6-1-4-10-20(16)29-14-15-11-12-21(30-15)23(28)27-13-5-9-19(27)22-25-17-7-2-3-8-18(17)26-22/h1-4,6-8,10-12,19H,5,9,13-14H2,(H,25,26). The second-order valence-corrected chi connectivity index (χ2v) is 7.28. The lowest BCUT2D eigenvalue weighted by atomic mass is 10.2. The van der Waals surface area contributed by atoms with Crippen molar-refractivity contribution >= 4 is 16.9 Å². The number of fused-ring (bicyclic) bond motifs is 1. The molecule has 0 spiro atoms. The third-order valence-electron chi connectivity index (χ3n) is 5.32. The maximum Gasteiger partial charge on any atom is 0.290 e. The third-order valence-corrected chi connectivity index (χ3v) is 5.32. The normalized spacial score (nSPS) is 16.3. The Bertz CT molecular complexity index is 1170. The Balaban J connectivity index is 1.31. The molecule has 5 rings (SSSR count). The first-order chi connectivity index (χ1) is 14.7. The van der Waals surface area contributed by atoms with Crippen LogP contribution in [0.3, 0.4) is 0 Å². The van der Waals surface area contributed by atoms with E-state index in [0.717, 1.165) is 29.7 Å². The van der Waals surface area contributed by atoms with E-state index in [1.54, 1.807) is 35.2 Å². The summed E-state index contributed by atoms with van der Waals surface area (Å²) in [4.78, 5) is 22.9. The van der Waals surface area contributed by atoms with Crippen LogP contribution in [0.1, 0.15) is 41.0 Å². The van der Waals surface area contributed by atoms with Crippen molar-refractivity contribution in [3.05, 3.63) is 83.8 Å². The number of aromatic nitrogens is 2. The summed E-state index contributed by atoms with van der Waals surface area (Å²) in [5, 5.41) is 0. The van der Waals surface area contributed by atoms with Gasteiger partial charge in [0.25, 0.3) is 5.91 Å². The van der Waals surface area contributed by atoms with Crippen molar-refractivity contribution in [3.63, 3.8) is 0 Å². The molecule has 0 saturated carbocycles. The van der Waals surface area contributed by atoms with Crippen LogP contribution in [0.2, 0.25) is 0 Å². The summed E-state index contributed by atoms with van der Waals surface area (Å²) in [7, 11) is 0. The maximum absolute atomic E-state index is 13.7. The maximum atomic E-state index is 13.7. The second kappa shape index (κ2) is 7.67. The highest BCUT2D eigenvalue weighted by Crippen LogP contribution is 2.33. The largest absolute Gasteiger partial charge is 0.483 e. The van der Waals surface area contributed by atoms with Crippen LogP contribution >= 0.6 is 0 Å². The number of nitrogens with one attached hydrogen (secondary N) is 1. The zero-order chi connectivity index (χ0) is 20.5. The van der Waals surface area contributed by atoms with Crippen molar-refractivity contribution in [1.82, 2.24) is 14.9 Å². The summed E-state index contributed by atoms with van der Waals surface area (Å²) in [6, 6.07) is 17.2. The molecular formula is C23H20FN3O3. The molecule has 6 nitrogen and oxygen atoms in total. The fourth-order valence-corrected chi connectivity index (χ4v) is 3.85. The van der Waals surface area contributed by atoms with Crippen molar-refractivity contribution in [2.75, 3.05) is 6.54 Å². The number of rotatable bonds is 5. The minimum absolute atomic E-state index is 0.0429. The number of furan rings is 1. The van der Waals surface area contributed by atoms with Gasteiger partial charge >= 0.3 is 0 Å². The minimum atomic E-state index is -0.439. The van der Waals surface area contributed by atoms with Crippen LogP contribution in [0, 0.1) is 5.82 Å². The van der Waals surface area contributed by atoms with Crippen molar-refractivity contribution in [3.8, 4) is 5.75 Å². The molecule has 2 aromatic heterocycles. The summed E-state index contributed by atoms with van der Waals surface area (Å²) in [6.07, 6.45) is 1.74. The van der Waals surface area contributed by atoms with Crippen LogP contribution in [0.5, 0.6) is 5.75 Å². The summed E-state index contributed by atoms with van der Waals surface area (Å²) in [5.74, 6) is 1.01. The Morgan fingerprint density at radius 3 is 2.87 bits per heavy atom. The molecule has 1 fully saturated rings. The number of carbonyl (C=O) groups is 1. The fourth-order valence-electron chi connectivity index (χ4n) is 3.85. The molecule has 2 aromatic carbocycles. The predicted molar refractivity (Wildman–Crippen MR) is 109 cm³/mol. The van der Waals surface area contributed by atoms with Gasteiger partial charge in [-0.1, -0.05) is 24.3 Å². The van der Waals surface area contributed by atoms with E-state index in [1.807, 2.05) is 24.3 Å². The molecule has 30 heavy (non-hydrogen) atoms. The van der Waals surface area contributed by atoms with Gasteiger partial charge in [0.05, 0.1) is 17.1 Å². The van der Waals surface area contributed by atoms with Crippen LogP contribution in [0.15, 0.2) is 65.1 Å². The van der Waals surface area contributed by atoms with E-state index in [4.69, 9.17) is 9.15 Å². The van der Waals surface area contributed by atoms with Gasteiger partial charge in [0.1, 0.15) is 18.2 Å². The van der Waals surface area contributed by atoms with Gasteiger partial charge in [-0.25, -0.2) is 9.37 Å². The first-order valence-electron chi connectivity index (χ1n) is 9.91. The van der Waals surface area contributed by atoms with Crippen molar-refractivity contribution in [1.29, 1.82) is 0 Å². The van der Waals surface area contributed by atoms with Gasteiger partial charge in [-0.05, 0) is 49.2 Å². The van der Waals surface area contributed by atoms with Gasteiger partial charge < -0.3 is 19.0 Å². The average Bonchev–Trinajstić information content (AvgIpc) is 3.51. The summed E-state index contributed by atoms with van der Waals surface area (Å²) >= 11 is 0. The Kier molecular flexibility index (Phi) is 4.71. The molecule has 1 saturated heterocycles. The van der Waals surface area contributed by atoms with Crippen molar-refractivity contribution in [2.45, 2.75) is 25.5 Å². The number of para-hydroxylation sites is 3. The van der Waals surface area contributed by atoms with E-state index >= 15 is 0 Å². The molecule has 1 N–H and O–H groups in total. The van der Waals surface area contributed by atoms with Crippen LogP contribution < -0.4 is 4.74 Å². The Morgan fingerprint density at radius 2 is 2.00 bits per heavy atom. The van der Waals surface area contributed by atoms with Crippen molar-refractivity contribution < 1.29 is 18.3 Å². The highest BCUT2D eigenvalue weighted by atomic mass is 19.1. The second-order valence-electron chi connectivity index (χ2n) is 7.28. The molecule has 3 heterocycles. The van der Waals surface area contributed by atoms with Gasteiger partial charge in [0.15, 0.2) is 17.3 Å². The average molecular weight is 405 g/mol. The fraction of sp³-hybridized carbons (Fsp3) is 0.217. The van der Waals surface area contributed by atoms with Gasteiger partial charge in [-0.3, -0.25) is 4.79 Å². The molecule has 4 aromatic rings. The zero-order valence-corrected chi connectivity index (χ0v) is 16.2. The number of likely N-dealkylation sites (tertiary alicyclic amines) is 1. The molecule has 1 amide bonds. The first kappa shape index (κ1) is 18.4. The number of nitrogens with zero attached hydrogens (tertiary/aromatic N) is 2. The molecular weight excluding hydrogens is 385 g/mol. The number of carbonyl (C=O) groups excluding carboxylic acids is 1. The van der Waals surface area contributed by atoms with E-state index in [0.29, 0.717) is 12.3 Å². The molecule has 1 unspecified atom stereocenters. The highest BCUT2D eigenvalue weighted by molar-refractivity contribution is 5.92. The quantitative estimate of drug-likeness (QED) is 0.515. The molecule has 1 aliphatic rings. The number of hydrogen-bond acceptors (Lipinski definition) is 4. The van der Waals surface area contributed by atoms with E-state index in [9.17, 15) is 9.18 Å². The smallest absolute Gasteiger partial charge is 0.290 e. The predicted octanol–water partition coefficient (Wildman–Crippen LogP) is 4.85. The number of aromatic amines is 1. The molecule has 1 atom stereocenters. The summed E-state index contributed by atoms with van der Waals surface area (Å²) in [5.41, 5.74) is 1.84. The monoisotopic (exact) mass is 405 g/mol. The highest BCUT2D eigenvalue weighted by Gasteiger charge is 2.34. The number of benzene rings is 2. The molecule has 0 bridgehead atoms. The van der Waals surface area contributed by atoms with E-state index in [1.165, 1.54) is 6.07 Å². The first-order valence-corrected chi connectivity index (χ1v) is 9.91. The van der Waals surface area contributed by atoms with Gasteiger partial charge in [-0.15, -0.1) is 0 Å². The molecule has 1 aliphatic heterocycles. The third kappa shape index (κ3) is 3.43. The Labute approximate surface area is 172 Å². The lowest BCUT2D eigenvalue weighted by molar-refractivity contribution is 0.0694. The molecule has 0 aliphatic carbocycles. The zero-order valence-electron chi connectivity index (χ0n) is 16.2.